The third kappa shape index (κ3) is 2.23. The highest BCUT2D eigenvalue weighted by atomic mass is 16.6. The number of hydrogen-bond acceptors (Lipinski definition) is 5. The average molecular weight is 270 g/mol. The summed E-state index contributed by atoms with van der Waals surface area (Å²) in [5.74, 6) is 0.647. The highest BCUT2D eigenvalue weighted by molar-refractivity contribution is 5.87. The van der Waals surface area contributed by atoms with E-state index in [2.05, 4.69) is 14.9 Å². The Morgan fingerprint density at radius 2 is 2.00 bits per heavy atom. The molecule has 3 rings (SSSR count). The van der Waals surface area contributed by atoms with Crippen molar-refractivity contribution in [3.8, 4) is 5.75 Å². The first kappa shape index (κ1) is 12.6. The molecule has 0 atom stereocenters. The van der Waals surface area contributed by atoms with Gasteiger partial charge in [0.05, 0.1) is 6.61 Å². The molecule has 3 aromatic rings. The van der Waals surface area contributed by atoms with Crippen LogP contribution in [0.15, 0.2) is 41.0 Å². The smallest absolute Gasteiger partial charge is 0.145 e. The molecule has 1 N–H and O–H groups in total. The van der Waals surface area contributed by atoms with Gasteiger partial charge in [0.2, 0.25) is 0 Å². The maximum absolute atomic E-state index is 9.60. The second-order valence-corrected chi connectivity index (χ2v) is 4.51. The molecule has 0 radical (unpaired) electrons. The molecule has 0 spiro atoms. The van der Waals surface area contributed by atoms with Gasteiger partial charge in [0.1, 0.15) is 23.7 Å². The Kier molecular flexibility index (Phi) is 3.35. The third-order valence-corrected chi connectivity index (χ3v) is 3.27. The number of nitrogens with zero attached hydrogens (tertiary/aromatic N) is 2. The second kappa shape index (κ2) is 5.30. The van der Waals surface area contributed by atoms with Crippen molar-refractivity contribution in [3.05, 3.63) is 53.3 Å². The number of ether oxygens (including phenoxy) is 1. The zero-order valence-electron chi connectivity index (χ0n) is 11.0. The summed E-state index contributed by atoms with van der Waals surface area (Å²) in [6.45, 7) is 2.00. The minimum absolute atomic E-state index is 0.0767. The van der Waals surface area contributed by atoms with Gasteiger partial charge in [-0.1, -0.05) is 40.6 Å². The van der Waals surface area contributed by atoms with Gasteiger partial charge in [-0.15, -0.1) is 0 Å². The fourth-order valence-corrected chi connectivity index (χ4v) is 2.14. The first-order chi connectivity index (χ1) is 9.79. The molecular formula is C15H14N2O3. The van der Waals surface area contributed by atoms with Crippen molar-refractivity contribution in [3.63, 3.8) is 0 Å². The molecule has 0 unspecified atom stereocenters. The van der Waals surface area contributed by atoms with Crippen LogP contribution in [0.4, 0.5) is 0 Å². The lowest BCUT2D eigenvalue weighted by molar-refractivity contribution is 0.251. The van der Waals surface area contributed by atoms with Crippen molar-refractivity contribution in [2.75, 3.05) is 0 Å². The quantitative estimate of drug-likeness (QED) is 0.789. The highest BCUT2D eigenvalue weighted by Crippen LogP contribution is 2.28. The van der Waals surface area contributed by atoms with E-state index in [1.165, 1.54) is 0 Å². The van der Waals surface area contributed by atoms with E-state index in [-0.39, 0.29) is 13.2 Å². The minimum atomic E-state index is -0.0767. The van der Waals surface area contributed by atoms with E-state index >= 15 is 0 Å². The Morgan fingerprint density at radius 1 is 1.15 bits per heavy atom. The Hall–Kier alpha value is -2.40. The summed E-state index contributed by atoms with van der Waals surface area (Å²) in [5.41, 5.74) is 2.13. The van der Waals surface area contributed by atoms with Crippen LogP contribution in [0.1, 0.15) is 17.0 Å². The zero-order chi connectivity index (χ0) is 13.9. The van der Waals surface area contributed by atoms with Crippen molar-refractivity contribution in [1.29, 1.82) is 0 Å². The SMILES string of the molecule is Cc1nonc1COc1ccc2ccccc2c1CO. The van der Waals surface area contributed by atoms with Gasteiger partial charge < -0.3 is 9.84 Å². The summed E-state index contributed by atoms with van der Waals surface area (Å²) in [4.78, 5) is 0. The fourth-order valence-electron chi connectivity index (χ4n) is 2.14. The van der Waals surface area contributed by atoms with E-state index in [1.54, 1.807) is 0 Å². The molecule has 2 aromatic carbocycles. The van der Waals surface area contributed by atoms with Gasteiger partial charge in [0.25, 0.3) is 0 Å². The molecule has 102 valence electrons. The van der Waals surface area contributed by atoms with Gasteiger partial charge >= 0.3 is 0 Å². The molecule has 5 heteroatoms. The van der Waals surface area contributed by atoms with E-state index < -0.39 is 0 Å². The number of hydrogen-bond donors (Lipinski definition) is 1. The lowest BCUT2D eigenvalue weighted by Gasteiger charge is -2.11. The Morgan fingerprint density at radius 3 is 2.75 bits per heavy atom. The summed E-state index contributed by atoms with van der Waals surface area (Å²) >= 11 is 0. The van der Waals surface area contributed by atoms with Crippen LogP contribution in [0, 0.1) is 6.92 Å². The van der Waals surface area contributed by atoms with Gasteiger partial charge in [-0.05, 0) is 23.8 Å². The molecule has 5 nitrogen and oxygen atoms in total. The molecule has 0 aliphatic rings. The van der Waals surface area contributed by atoms with Crippen LogP contribution in [0.3, 0.4) is 0 Å². The number of aromatic nitrogens is 2. The van der Waals surface area contributed by atoms with E-state index in [4.69, 9.17) is 4.74 Å². The molecule has 20 heavy (non-hydrogen) atoms. The van der Waals surface area contributed by atoms with Crippen LogP contribution in [0.2, 0.25) is 0 Å². The van der Waals surface area contributed by atoms with Crippen LogP contribution in [0.25, 0.3) is 10.8 Å². The van der Waals surface area contributed by atoms with Gasteiger partial charge in [-0.2, -0.15) is 0 Å². The molecule has 0 fully saturated rings. The normalized spacial score (nSPS) is 10.9. The molecule has 0 saturated carbocycles. The number of aryl methyl sites for hydroxylation is 1. The van der Waals surface area contributed by atoms with Crippen LogP contribution in [-0.4, -0.2) is 15.4 Å². The van der Waals surface area contributed by atoms with Crippen LogP contribution in [0.5, 0.6) is 5.75 Å². The number of aliphatic hydroxyl groups excluding tert-OH is 1. The van der Waals surface area contributed by atoms with Crippen LogP contribution >= 0.6 is 0 Å². The maximum Gasteiger partial charge on any atom is 0.145 e. The zero-order valence-corrected chi connectivity index (χ0v) is 11.0. The highest BCUT2D eigenvalue weighted by Gasteiger charge is 2.10. The summed E-state index contributed by atoms with van der Waals surface area (Å²) in [6.07, 6.45) is 0. The van der Waals surface area contributed by atoms with Crippen molar-refractivity contribution in [1.82, 2.24) is 10.3 Å². The average Bonchev–Trinajstić information content (AvgIpc) is 2.89. The first-order valence-corrected chi connectivity index (χ1v) is 6.32. The lowest BCUT2D eigenvalue weighted by atomic mass is 10.0. The molecule has 0 aliphatic heterocycles. The van der Waals surface area contributed by atoms with E-state index in [0.717, 1.165) is 16.3 Å². The van der Waals surface area contributed by atoms with Crippen molar-refractivity contribution < 1.29 is 14.5 Å². The fraction of sp³-hybridized carbons (Fsp3) is 0.200. The minimum Gasteiger partial charge on any atom is -0.487 e. The monoisotopic (exact) mass is 270 g/mol. The van der Waals surface area contributed by atoms with Gasteiger partial charge in [-0.3, -0.25) is 0 Å². The number of aliphatic hydroxyl groups is 1. The standard InChI is InChI=1S/C15H14N2O3/c1-10-14(17-20-16-10)9-19-15-7-6-11-4-2-3-5-12(11)13(15)8-18/h2-7,18H,8-9H2,1H3. The van der Waals surface area contributed by atoms with Crippen LogP contribution < -0.4 is 4.74 Å². The molecule has 1 heterocycles. The number of rotatable bonds is 4. The Bertz CT molecular complexity index is 737. The van der Waals surface area contributed by atoms with E-state index in [9.17, 15) is 5.11 Å². The summed E-state index contributed by atoms with van der Waals surface area (Å²) in [7, 11) is 0. The Labute approximate surface area is 115 Å². The van der Waals surface area contributed by atoms with Gasteiger partial charge in [0, 0.05) is 5.56 Å². The largest absolute Gasteiger partial charge is 0.487 e. The summed E-state index contributed by atoms with van der Waals surface area (Å²) in [5, 5.41) is 19.1. The number of fused-ring (bicyclic) bond motifs is 1. The van der Waals surface area contributed by atoms with Crippen molar-refractivity contribution in [2.45, 2.75) is 20.1 Å². The number of benzene rings is 2. The molecule has 0 bridgehead atoms. The van der Waals surface area contributed by atoms with Crippen LogP contribution in [-0.2, 0) is 13.2 Å². The summed E-state index contributed by atoms with van der Waals surface area (Å²) < 4.78 is 10.4. The van der Waals surface area contributed by atoms with E-state index in [1.807, 2.05) is 43.3 Å². The second-order valence-electron chi connectivity index (χ2n) is 4.51. The predicted octanol–water partition coefficient (Wildman–Crippen LogP) is 2.60. The molecule has 0 saturated heterocycles. The van der Waals surface area contributed by atoms with Crippen molar-refractivity contribution in [2.24, 2.45) is 0 Å². The summed E-state index contributed by atoms with van der Waals surface area (Å²) in [6, 6.07) is 11.7. The molecule has 0 aliphatic carbocycles. The molecule has 1 aromatic heterocycles. The molecule has 0 amide bonds. The third-order valence-electron chi connectivity index (χ3n) is 3.27. The Balaban J connectivity index is 1.93. The lowest BCUT2D eigenvalue weighted by Crippen LogP contribution is -2.01. The van der Waals surface area contributed by atoms with Crippen molar-refractivity contribution >= 4 is 10.8 Å². The van der Waals surface area contributed by atoms with Gasteiger partial charge in [0.15, 0.2) is 0 Å². The topological polar surface area (TPSA) is 68.4 Å². The predicted molar refractivity (Wildman–Crippen MR) is 73.2 cm³/mol. The molecular weight excluding hydrogens is 256 g/mol. The van der Waals surface area contributed by atoms with E-state index in [0.29, 0.717) is 17.1 Å². The first-order valence-electron chi connectivity index (χ1n) is 6.32. The maximum atomic E-state index is 9.60. The van der Waals surface area contributed by atoms with Gasteiger partial charge in [-0.25, -0.2) is 4.63 Å².